The maximum absolute atomic E-state index is 5.12. The minimum absolute atomic E-state index is 0.680. The van der Waals surface area contributed by atoms with E-state index in [1.54, 1.807) is 7.11 Å². The van der Waals surface area contributed by atoms with E-state index in [0.29, 0.717) is 6.61 Å². The molecule has 4 nitrogen and oxygen atoms in total. The van der Waals surface area contributed by atoms with Gasteiger partial charge in [0.15, 0.2) is 0 Å². The number of anilines is 2. The predicted octanol–water partition coefficient (Wildman–Crippen LogP) is 3.14. The number of methoxy groups -OCH3 is 1. The van der Waals surface area contributed by atoms with Crippen molar-refractivity contribution in [3.63, 3.8) is 0 Å². The third-order valence-electron chi connectivity index (χ3n) is 3.02. The number of nitrogens with zero attached hydrogens (tertiary/aromatic N) is 2. The quantitative estimate of drug-likeness (QED) is 0.866. The van der Waals surface area contributed by atoms with E-state index < -0.39 is 0 Å². The molecule has 0 spiro atoms. The molecular weight excluding hydrogens is 238 g/mol. The van der Waals surface area contributed by atoms with Crippen molar-refractivity contribution in [3.8, 4) is 0 Å². The van der Waals surface area contributed by atoms with Crippen LogP contribution >= 0.6 is 0 Å². The van der Waals surface area contributed by atoms with Gasteiger partial charge in [-0.2, -0.15) is 0 Å². The number of nitrogens with one attached hydrogen (secondary N) is 1. The van der Waals surface area contributed by atoms with Gasteiger partial charge in [-0.05, 0) is 31.0 Å². The van der Waals surface area contributed by atoms with Crippen LogP contribution in [-0.2, 0) is 17.7 Å². The SMILES string of the molecule is CCc1cccc(Nc2nc(C)cn2CCOC)c1. The fourth-order valence-corrected chi connectivity index (χ4v) is 2.00. The standard InChI is InChI=1S/C15H21N3O/c1-4-13-6-5-7-14(10-13)17-15-16-12(2)11-18(15)8-9-19-3/h5-7,10-11H,4,8-9H2,1-3H3,(H,16,17). The summed E-state index contributed by atoms with van der Waals surface area (Å²) in [5, 5.41) is 3.37. The summed E-state index contributed by atoms with van der Waals surface area (Å²) >= 11 is 0. The van der Waals surface area contributed by atoms with Crippen LogP contribution in [0, 0.1) is 6.92 Å². The lowest BCUT2D eigenvalue weighted by Gasteiger charge is -2.10. The zero-order valence-electron chi connectivity index (χ0n) is 11.8. The zero-order valence-corrected chi connectivity index (χ0v) is 11.8. The molecule has 0 atom stereocenters. The van der Waals surface area contributed by atoms with Gasteiger partial charge in [0.25, 0.3) is 0 Å². The molecule has 0 bridgehead atoms. The molecular formula is C15H21N3O. The lowest BCUT2D eigenvalue weighted by molar-refractivity contribution is 0.188. The summed E-state index contributed by atoms with van der Waals surface area (Å²) in [6.45, 7) is 5.63. The van der Waals surface area contributed by atoms with E-state index in [1.165, 1.54) is 5.56 Å². The predicted molar refractivity (Wildman–Crippen MR) is 77.9 cm³/mol. The van der Waals surface area contributed by atoms with Gasteiger partial charge in [0.05, 0.1) is 12.3 Å². The maximum atomic E-state index is 5.12. The van der Waals surface area contributed by atoms with Gasteiger partial charge >= 0.3 is 0 Å². The molecule has 0 radical (unpaired) electrons. The van der Waals surface area contributed by atoms with Crippen LogP contribution in [0.4, 0.5) is 11.6 Å². The van der Waals surface area contributed by atoms with Gasteiger partial charge < -0.3 is 14.6 Å². The summed E-state index contributed by atoms with van der Waals surface area (Å²) in [6, 6.07) is 8.42. The highest BCUT2D eigenvalue weighted by atomic mass is 16.5. The molecule has 1 heterocycles. The van der Waals surface area contributed by atoms with E-state index in [2.05, 4.69) is 46.1 Å². The molecule has 2 rings (SSSR count). The molecule has 1 aromatic heterocycles. The molecule has 0 saturated carbocycles. The van der Waals surface area contributed by atoms with Crippen molar-refractivity contribution in [1.29, 1.82) is 0 Å². The second kappa shape index (κ2) is 6.38. The number of benzene rings is 1. The summed E-state index contributed by atoms with van der Waals surface area (Å²) in [6.07, 6.45) is 3.07. The fraction of sp³-hybridized carbons (Fsp3) is 0.400. The van der Waals surface area contributed by atoms with E-state index in [-0.39, 0.29) is 0 Å². The van der Waals surface area contributed by atoms with E-state index in [4.69, 9.17) is 4.74 Å². The topological polar surface area (TPSA) is 39.1 Å². The van der Waals surface area contributed by atoms with Crippen molar-refractivity contribution in [1.82, 2.24) is 9.55 Å². The van der Waals surface area contributed by atoms with Gasteiger partial charge in [-0.1, -0.05) is 19.1 Å². The van der Waals surface area contributed by atoms with Gasteiger partial charge in [-0.3, -0.25) is 0 Å². The van der Waals surface area contributed by atoms with Crippen LogP contribution in [-0.4, -0.2) is 23.3 Å². The number of imidazole rings is 1. The van der Waals surface area contributed by atoms with Crippen LogP contribution in [0.25, 0.3) is 0 Å². The second-order valence-electron chi connectivity index (χ2n) is 4.57. The second-order valence-corrected chi connectivity index (χ2v) is 4.57. The Morgan fingerprint density at radius 1 is 1.37 bits per heavy atom. The van der Waals surface area contributed by atoms with Gasteiger partial charge in [0.1, 0.15) is 0 Å². The van der Waals surface area contributed by atoms with E-state index in [1.807, 2.05) is 13.1 Å². The molecule has 4 heteroatoms. The summed E-state index contributed by atoms with van der Waals surface area (Å²) in [5.74, 6) is 0.864. The first kappa shape index (κ1) is 13.6. The Bertz CT molecular complexity index is 534. The Labute approximate surface area is 114 Å². The minimum Gasteiger partial charge on any atom is -0.383 e. The van der Waals surface area contributed by atoms with Crippen LogP contribution in [0.15, 0.2) is 30.5 Å². The van der Waals surface area contributed by atoms with Crippen molar-refractivity contribution >= 4 is 11.6 Å². The molecule has 2 aromatic rings. The average Bonchev–Trinajstić information content (AvgIpc) is 2.76. The fourth-order valence-electron chi connectivity index (χ4n) is 2.00. The van der Waals surface area contributed by atoms with E-state index in [9.17, 15) is 0 Å². The molecule has 102 valence electrons. The van der Waals surface area contributed by atoms with Crippen molar-refractivity contribution in [2.24, 2.45) is 0 Å². The van der Waals surface area contributed by atoms with Crippen molar-refractivity contribution in [2.75, 3.05) is 19.0 Å². The van der Waals surface area contributed by atoms with Gasteiger partial charge in [0.2, 0.25) is 5.95 Å². The smallest absolute Gasteiger partial charge is 0.207 e. The zero-order chi connectivity index (χ0) is 13.7. The molecule has 0 aliphatic heterocycles. The lowest BCUT2D eigenvalue weighted by Crippen LogP contribution is -2.07. The van der Waals surface area contributed by atoms with Crippen LogP contribution < -0.4 is 5.32 Å². The number of aryl methyl sites for hydroxylation is 2. The Morgan fingerprint density at radius 3 is 2.95 bits per heavy atom. The summed E-state index contributed by atoms with van der Waals surface area (Å²) < 4.78 is 7.20. The normalized spacial score (nSPS) is 10.7. The van der Waals surface area contributed by atoms with Crippen molar-refractivity contribution in [2.45, 2.75) is 26.8 Å². The van der Waals surface area contributed by atoms with Gasteiger partial charge in [-0.15, -0.1) is 0 Å². The third kappa shape index (κ3) is 3.58. The van der Waals surface area contributed by atoms with Crippen molar-refractivity contribution < 1.29 is 4.74 Å². The number of ether oxygens (including phenoxy) is 1. The molecule has 0 fully saturated rings. The van der Waals surface area contributed by atoms with E-state index >= 15 is 0 Å². The first-order valence-electron chi connectivity index (χ1n) is 6.61. The molecule has 0 amide bonds. The Morgan fingerprint density at radius 2 is 2.21 bits per heavy atom. The number of hydrogen-bond acceptors (Lipinski definition) is 3. The Balaban J connectivity index is 2.17. The highest BCUT2D eigenvalue weighted by Crippen LogP contribution is 2.18. The first-order chi connectivity index (χ1) is 9.22. The number of hydrogen-bond donors (Lipinski definition) is 1. The molecule has 1 N–H and O–H groups in total. The van der Waals surface area contributed by atoms with Crippen LogP contribution in [0.5, 0.6) is 0 Å². The van der Waals surface area contributed by atoms with Gasteiger partial charge in [-0.25, -0.2) is 4.98 Å². The highest BCUT2D eigenvalue weighted by Gasteiger charge is 2.06. The number of rotatable bonds is 6. The molecule has 0 saturated heterocycles. The third-order valence-corrected chi connectivity index (χ3v) is 3.02. The molecule has 1 aromatic carbocycles. The van der Waals surface area contributed by atoms with Crippen LogP contribution in [0.1, 0.15) is 18.2 Å². The van der Waals surface area contributed by atoms with Crippen LogP contribution in [0.2, 0.25) is 0 Å². The first-order valence-corrected chi connectivity index (χ1v) is 6.61. The summed E-state index contributed by atoms with van der Waals surface area (Å²) in [4.78, 5) is 4.51. The van der Waals surface area contributed by atoms with Crippen LogP contribution in [0.3, 0.4) is 0 Å². The molecule has 0 aliphatic carbocycles. The maximum Gasteiger partial charge on any atom is 0.207 e. The highest BCUT2D eigenvalue weighted by molar-refractivity contribution is 5.55. The Hall–Kier alpha value is -1.81. The molecule has 0 aliphatic rings. The largest absolute Gasteiger partial charge is 0.383 e. The number of aromatic nitrogens is 2. The summed E-state index contributed by atoms with van der Waals surface area (Å²) in [7, 11) is 1.71. The van der Waals surface area contributed by atoms with Crippen molar-refractivity contribution in [3.05, 3.63) is 41.7 Å². The average molecular weight is 259 g/mol. The van der Waals surface area contributed by atoms with Gasteiger partial charge in [0, 0.05) is 25.5 Å². The lowest BCUT2D eigenvalue weighted by atomic mass is 10.1. The monoisotopic (exact) mass is 259 g/mol. The summed E-state index contributed by atoms with van der Waals surface area (Å²) in [5.41, 5.74) is 3.39. The van der Waals surface area contributed by atoms with E-state index in [0.717, 1.165) is 30.3 Å². The Kier molecular flexibility index (Phi) is 4.58. The molecule has 19 heavy (non-hydrogen) atoms. The minimum atomic E-state index is 0.680. The molecule has 0 unspecified atom stereocenters.